The van der Waals surface area contributed by atoms with Gasteiger partial charge < -0.3 is 10.2 Å². The molecule has 1 heterocycles. The number of halogens is 1. The number of nitrogens with zero attached hydrogens (tertiary/aromatic N) is 2. The smallest absolute Gasteiger partial charge is 0.234 e. The van der Waals surface area contributed by atoms with E-state index >= 15 is 0 Å². The van der Waals surface area contributed by atoms with Crippen molar-refractivity contribution in [2.75, 3.05) is 45.0 Å². The fourth-order valence-electron chi connectivity index (χ4n) is 4.24. The van der Waals surface area contributed by atoms with E-state index in [-0.39, 0.29) is 11.8 Å². The van der Waals surface area contributed by atoms with Crippen molar-refractivity contribution in [1.29, 1.82) is 0 Å². The molecule has 5 nitrogen and oxygen atoms in total. The minimum atomic E-state index is 0.0408. The van der Waals surface area contributed by atoms with Crippen LogP contribution in [0.2, 0.25) is 5.02 Å². The van der Waals surface area contributed by atoms with Gasteiger partial charge in [-0.1, -0.05) is 66.2 Å². The van der Waals surface area contributed by atoms with Crippen molar-refractivity contribution in [3.8, 4) is 0 Å². The third-order valence-electron chi connectivity index (χ3n) is 6.05. The number of benzene rings is 3. The molecule has 0 unspecified atom stereocenters. The molecule has 0 saturated carbocycles. The molecule has 1 aliphatic rings. The van der Waals surface area contributed by atoms with Crippen LogP contribution in [-0.2, 0) is 16.0 Å². The second kappa shape index (κ2) is 12.2. The van der Waals surface area contributed by atoms with Crippen molar-refractivity contribution in [2.45, 2.75) is 17.7 Å². The first kappa shape index (κ1) is 24.6. The summed E-state index contributed by atoms with van der Waals surface area (Å²) in [5, 5.41) is 5.81. The van der Waals surface area contributed by atoms with Crippen LogP contribution in [0, 0.1) is 0 Å². The number of hydrogen-bond acceptors (Lipinski definition) is 4. The summed E-state index contributed by atoms with van der Waals surface area (Å²) in [6.45, 7) is 3.91. The summed E-state index contributed by atoms with van der Waals surface area (Å²) < 4.78 is 0. The monoisotopic (exact) mass is 495 g/mol. The molecule has 4 rings (SSSR count). The number of hydrogen-bond donors (Lipinski definition) is 1. The molecule has 0 bridgehead atoms. The Hall–Kier alpha value is -2.54. The Balaban J connectivity index is 1.22. The molecular weight excluding hydrogens is 466 g/mol. The van der Waals surface area contributed by atoms with E-state index in [0.717, 1.165) is 41.6 Å². The van der Waals surface area contributed by atoms with E-state index in [0.29, 0.717) is 37.0 Å². The van der Waals surface area contributed by atoms with Crippen LogP contribution in [0.4, 0.5) is 0 Å². The van der Waals surface area contributed by atoms with Crippen LogP contribution in [0.1, 0.15) is 12.0 Å². The molecule has 7 heteroatoms. The lowest BCUT2D eigenvalue weighted by Crippen LogP contribution is -2.40. The summed E-state index contributed by atoms with van der Waals surface area (Å²) in [5.41, 5.74) is 1.22. The first-order valence-electron chi connectivity index (χ1n) is 11.7. The van der Waals surface area contributed by atoms with Crippen molar-refractivity contribution >= 4 is 45.9 Å². The maximum Gasteiger partial charge on any atom is 0.234 e. The first-order valence-corrected chi connectivity index (χ1v) is 13.1. The largest absolute Gasteiger partial charge is 0.355 e. The van der Waals surface area contributed by atoms with Crippen LogP contribution in [-0.4, -0.2) is 66.6 Å². The quantitative estimate of drug-likeness (QED) is 0.468. The average Bonchev–Trinajstić information content (AvgIpc) is 3.09. The third-order valence-corrected chi connectivity index (χ3v) is 7.41. The van der Waals surface area contributed by atoms with E-state index in [4.69, 9.17) is 11.6 Å². The molecule has 1 aliphatic heterocycles. The molecule has 178 valence electrons. The molecule has 34 heavy (non-hydrogen) atoms. The van der Waals surface area contributed by atoms with E-state index in [9.17, 15) is 9.59 Å². The zero-order valence-electron chi connectivity index (χ0n) is 19.2. The predicted octanol–water partition coefficient (Wildman–Crippen LogP) is 4.48. The van der Waals surface area contributed by atoms with E-state index in [2.05, 4.69) is 22.3 Å². The van der Waals surface area contributed by atoms with Crippen molar-refractivity contribution in [2.24, 2.45) is 0 Å². The Morgan fingerprint density at radius 1 is 0.912 bits per heavy atom. The maximum absolute atomic E-state index is 12.9. The zero-order chi connectivity index (χ0) is 23.8. The Morgan fingerprint density at radius 2 is 1.71 bits per heavy atom. The Bertz CT molecular complexity index is 1120. The molecule has 3 aromatic rings. The number of rotatable bonds is 8. The first-order chi connectivity index (χ1) is 16.6. The number of nitrogens with one attached hydrogen (secondary N) is 1. The van der Waals surface area contributed by atoms with Gasteiger partial charge in [-0.25, -0.2) is 0 Å². The van der Waals surface area contributed by atoms with Gasteiger partial charge in [-0.2, -0.15) is 0 Å². The molecule has 0 spiro atoms. The maximum atomic E-state index is 12.9. The van der Waals surface area contributed by atoms with Crippen LogP contribution in [0.3, 0.4) is 0 Å². The summed E-state index contributed by atoms with van der Waals surface area (Å²) >= 11 is 7.96. The Labute approximate surface area is 210 Å². The highest BCUT2D eigenvalue weighted by atomic mass is 35.5. The van der Waals surface area contributed by atoms with Crippen molar-refractivity contribution in [1.82, 2.24) is 15.1 Å². The molecule has 1 N–H and O–H groups in total. The topological polar surface area (TPSA) is 52.7 Å². The fourth-order valence-corrected chi connectivity index (χ4v) is 5.59. The van der Waals surface area contributed by atoms with Gasteiger partial charge in [-0.15, -0.1) is 11.8 Å². The van der Waals surface area contributed by atoms with Crippen molar-refractivity contribution < 1.29 is 9.59 Å². The third kappa shape index (κ3) is 6.75. The summed E-state index contributed by atoms with van der Waals surface area (Å²) in [6.07, 6.45) is 1.70. The average molecular weight is 496 g/mol. The van der Waals surface area contributed by atoms with Gasteiger partial charge in [-0.05, 0) is 35.9 Å². The summed E-state index contributed by atoms with van der Waals surface area (Å²) in [7, 11) is 0. The molecular formula is C27H30ClN3O2S. The van der Waals surface area contributed by atoms with Gasteiger partial charge in [0.2, 0.25) is 11.8 Å². The number of amides is 2. The van der Waals surface area contributed by atoms with Gasteiger partial charge in [0, 0.05) is 48.0 Å². The lowest BCUT2D eigenvalue weighted by molar-refractivity contribution is -0.128. The number of thioether (sulfide) groups is 1. The lowest BCUT2D eigenvalue weighted by Gasteiger charge is -2.22. The fraction of sp³-hybridized carbons (Fsp3) is 0.333. The molecule has 0 radical (unpaired) electrons. The van der Waals surface area contributed by atoms with Crippen LogP contribution < -0.4 is 5.32 Å². The summed E-state index contributed by atoms with van der Waals surface area (Å²) in [4.78, 5) is 30.4. The number of carbonyl (C=O) groups excluding carboxylic acids is 2. The normalized spacial score (nSPS) is 14.7. The van der Waals surface area contributed by atoms with Gasteiger partial charge >= 0.3 is 0 Å². The van der Waals surface area contributed by atoms with E-state index in [1.165, 1.54) is 17.3 Å². The van der Waals surface area contributed by atoms with Crippen molar-refractivity contribution in [3.63, 3.8) is 0 Å². The predicted molar refractivity (Wildman–Crippen MR) is 140 cm³/mol. The Kier molecular flexibility index (Phi) is 8.85. The minimum Gasteiger partial charge on any atom is -0.355 e. The summed E-state index contributed by atoms with van der Waals surface area (Å²) in [6, 6.07) is 22.1. The van der Waals surface area contributed by atoms with E-state index < -0.39 is 0 Å². The van der Waals surface area contributed by atoms with Gasteiger partial charge in [0.05, 0.1) is 12.3 Å². The van der Waals surface area contributed by atoms with Gasteiger partial charge in [0.25, 0.3) is 0 Å². The standard InChI is InChI=1S/C27H30ClN3O2S/c28-23-11-4-9-22-10-5-12-24(27(22)23)34-20-26(33)31-16-6-15-30(17-18-31)19-25(32)29-14-13-21-7-2-1-3-8-21/h1-5,7-12H,6,13-20H2,(H,29,32). The SMILES string of the molecule is O=C(CN1CCCN(C(=O)CSc2cccc3cccc(Cl)c23)CC1)NCCc1ccccc1. The molecule has 0 aliphatic carbocycles. The molecule has 3 aromatic carbocycles. The molecule has 2 amide bonds. The number of fused-ring (bicyclic) bond motifs is 1. The number of carbonyl (C=O) groups is 2. The van der Waals surface area contributed by atoms with Gasteiger partial charge in [-0.3, -0.25) is 14.5 Å². The highest BCUT2D eigenvalue weighted by Crippen LogP contribution is 2.33. The molecule has 0 atom stereocenters. The molecule has 0 aromatic heterocycles. The van der Waals surface area contributed by atoms with Gasteiger partial charge in [0.1, 0.15) is 0 Å². The zero-order valence-corrected chi connectivity index (χ0v) is 20.8. The minimum absolute atomic E-state index is 0.0408. The van der Waals surface area contributed by atoms with Crippen LogP contribution in [0.5, 0.6) is 0 Å². The lowest BCUT2D eigenvalue weighted by atomic mass is 10.1. The second-order valence-electron chi connectivity index (χ2n) is 8.48. The van der Waals surface area contributed by atoms with Crippen LogP contribution >= 0.6 is 23.4 Å². The van der Waals surface area contributed by atoms with Crippen molar-refractivity contribution in [3.05, 3.63) is 77.3 Å². The highest BCUT2D eigenvalue weighted by Gasteiger charge is 2.21. The Morgan fingerprint density at radius 3 is 2.53 bits per heavy atom. The molecule has 1 saturated heterocycles. The van der Waals surface area contributed by atoms with E-state index in [1.807, 2.05) is 59.5 Å². The molecule has 1 fully saturated rings. The van der Waals surface area contributed by atoms with Crippen LogP contribution in [0.15, 0.2) is 71.6 Å². The second-order valence-corrected chi connectivity index (χ2v) is 9.90. The van der Waals surface area contributed by atoms with E-state index in [1.54, 1.807) is 0 Å². The van der Waals surface area contributed by atoms with Gasteiger partial charge in [0.15, 0.2) is 0 Å². The van der Waals surface area contributed by atoms with Crippen LogP contribution in [0.25, 0.3) is 10.8 Å². The summed E-state index contributed by atoms with van der Waals surface area (Å²) in [5.74, 6) is 0.548. The highest BCUT2D eigenvalue weighted by molar-refractivity contribution is 8.00.